The largest absolute Gasteiger partial charge is 0.481 e. The van der Waals surface area contributed by atoms with Crippen molar-refractivity contribution in [3.63, 3.8) is 0 Å². The van der Waals surface area contributed by atoms with Crippen molar-refractivity contribution >= 4 is 29.2 Å². The minimum Gasteiger partial charge on any atom is -0.481 e. The first-order valence-corrected chi connectivity index (χ1v) is 16.0. The molecule has 1 aromatic heterocycles. The van der Waals surface area contributed by atoms with Crippen LogP contribution in [-0.2, 0) is 16.1 Å². The molecule has 0 aliphatic heterocycles. The maximum atomic E-state index is 13.6. The molecule has 238 valence electrons. The number of carbonyl (C=O) groups excluding carboxylic acids is 2. The second-order valence-electron chi connectivity index (χ2n) is 12.2. The van der Waals surface area contributed by atoms with Gasteiger partial charge in [0.2, 0.25) is 5.91 Å². The van der Waals surface area contributed by atoms with Gasteiger partial charge in [-0.15, -0.1) is 0 Å². The summed E-state index contributed by atoms with van der Waals surface area (Å²) in [4.78, 5) is 47.0. The van der Waals surface area contributed by atoms with Gasteiger partial charge in [-0.25, -0.2) is 0 Å². The standard InChI is InChI=1S/C38H42N4O4/c1-4-5-19-41(3)34-17-16-30(22-33(34)40-37(45)31-12-6-9-26(2)20-31)29-11-7-10-27(21-29)25-42(38(46)28-14-15-28)35(23-36(43)44)32-13-8-18-39-24-32/h6-13,16-18,20-22,24,28,35H,4-5,14-15,19,23,25H2,1-3H3,(H,40,45)(H,43,44). The molecule has 2 amide bonds. The second kappa shape index (κ2) is 14.9. The SMILES string of the molecule is CCCCN(C)c1ccc(-c2cccc(CN(C(=O)C3CC3)C(CC(=O)O)c3cccnc3)c2)cc1NC(=O)c1cccc(C)c1. The molecule has 1 saturated carbocycles. The average Bonchev–Trinajstić information content (AvgIpc) is 3.91. The van der Waals surface area contributed by atoms with E-state index in [9.17, 15) is 19.5 Å². The molecule has 1 atom stereocenters. The van der Waals surface area contributed by atoms with E-state index in [0.29, 0.717) is 11.1 Å². The van der Waals surface area contributed by atoms with Gasteiger partial charge >= 0.3 is 5.97 Å². The molecule has 5 rings (SSSR count). The summed E-state index contributed by atoms with van der Waals surface area (Å²) in [6, 6.07) is 24.6. The van der Waals surface area contributed by atoms with Gasteiger partial charge < -0.3 is 20.2 Å². The number of carbonyl (C=O) groups is 3. The van der Waals surface area contributed by atoms with Crippen LogP contribution in [-0.4, -0.2) is 46.4 Å². The molecule has 1 aliphatic carbocycles. The van der Waals surface area contributed by atoms with E-state index >= 15 is 0 Å². The van der Waals surface area contributed by atoms with Gasteiger partial charge in [-0.1, -0.05) is 61.4 Å². The minimum absolute atomic E-state index is 0.0267. The topological polar surface area (TPSA) is 103 Å². The van der Waals surface area contributed by atoms with Crippen LogP contribution >= 0.6 is 0 Å². The number of unbranched alkanes of at least 4 members (excludes halogenated alkanes) is 1. The fourth-order valence-corrected chi connectivity index (χ4v) is 5.74. The lowest BCUT2D eigenvalue weighted by Crippen LogP contribution is -2.36. The molecule has 3 aromatic carbocycles. The number of benzene rings is 3. The van der Waals surface area contributed by atoms with E-state index in [0.717, 1.165) is 65.9 Å². The fraction of sp³-hybridized carbons (Fsp3) is 0.316. The van der Waals surface area contributed by atoms with Gasteiger partial charge in [0, 0.05) is 44.0 Å². The molecule has 1 heterocycles. The van der Waals surface area contributed by atoms with Crippen molar-refractivity contribution < 1.29 is 19.5 Å². The van der Waals surface area contributed by atoms with E-state index in [-0.39, 0.29) is 30.7 Å². The van der Waals surface area contributed by atoms with Crippen molar-refractivity contribution in [1.29, 1.82) is 0 Å². The Morgan fingerprint density at radius 1 is 0.978 bits per heavy atom. The maximum Gasteiger partial charge on any atom is 0.305 e. The Morgan fingerprint density at radius 2 is 1.76 bits per heavy atom. The lowest BCUT2D eigenvalue weighted by molar-refractivity contribution is -0.142. The van der Waals surface area contributed by atoms with Gasteiger partial charge in [0.15, 0.2) is 0 Å². The Kier molecular flexibility index (Phi) is 10.5. The Bertz CT molecular complexity index is 1690. The molecule has 1 aliphatic rings. The molecule has 0 bridgehead atoms. The molecular formula is C38H42N4O4. The Hall–Kier alpha value is -4.98. The maximum absolute atomic E-state index is 13.6. The summed E-state index contributed by atoms with van der Waals surface area (Å²) in [5.41, 5.74) is 6.71. The van der Waals surface area contributed by atoms with E-state index in [1.807, 2.05) is 80.7 Å². The zero-order valence-electron chi connectivity index (χ0n) is 26.8. The number of aryl methyl sites for hydroxylation is 1. The predicted molar refractivity (Wildman–Crippen MR) is 182 cm³/mol. The van der Waals surface area contributed by atoms with Crippen molar-refractivity contribution in [2.75, 3.05) is 23.8 Å². The molecule has 0 saturated heterocycles. The lowest BCUT2D eigenvalue weighted by atomic mass is 9.99. The van der Waals surface area contributed by atoms with Gasteiger partial charge in [-0.05, 0) is 84.8 Å². The third-order valence-electron chi connectivity index (χ3n) is 8.42. The number of aromatic nitrogens is 1. The third kappa shape index (κ3) is 8.18. The van der Waals surface area contributed by atoms with Gasteiger partial charge in [0.25, 0.3) is 5.91 Å². The van der Waals surface area contributed by atoms with Crippen LogP contribution < -0.4 is 10.2 Å². The number of rotatable bonds is 14. The highest BCUT2D eigenvalue weighted by Gasteiger charge is 2.37. The fourth-order valence-electron chi connectivity index (χ4n) is 5.74. The minimum atomic E-state index is -0.972. The second-order valence-corrected chi connectivity index (χ2v) is 12.2. The van der Waals surface area contributed by atoms with E-state index in [1.165, 1.54) is 0 Å². The van der Waals surface area contributed by atoms with Crippen LogP contribution in [0.15, 0.2) is 91.3 Å². The van der Waals surface area contributed by atoms with Crippen molar-refractivity contribution in [3.05, 3.63) is 114 Å². The molecule has 46 heavy (non-hydrogen) atoms. The van der Waals surface area contributed by atoms with Crippen LogP contribution in [0.3, 0.4) is 0 Å². The summed E-state index contributed by atoms with van der Waals surface area (Å²) in [7, 11) is 2.04. The van der Waals surface area contributed by atoms with Crippen LogP contribution in [0.2, 0.25) is 0 Å². The van der Waals surface area contributed by atoms with Crippen LogP contribution in [0, 0.1) is 12.8 Å². The molecule has 0 spiro atoms. The first kappa shape index (κ1) is 32.4. The molecule has 4 aromatic rings. The normalized spacial score (nSPS) is 13.1. The van der Waals surface area contributed by atoms with Crippen LogP contribution in [0.25, 0.3) is 11.1 Å². The molecule has 0 radical (unpaired) electrons. The Balaban J connectivity index is 1.47. The zero-order valence-corrected chi connectivity index (χ0v) is 26.8. The van der Waals surface area contributed by atoms with E-state index in [4.69, 9.17) is 0 Å². The number of nitrogens with zero attached hydrogens (tertiary/aromatic N) is 3. The predicted octanol–water partition coefficient (Wildman–Crippen LogP) is 7.50. The summed E-state index contributed by atoms with van der Waals surface area (Å²) in [5, 5.41) is 12.9. The third-order valence-corrected chi connectivity index (χ3v) is 8.42. The highest BCUT2D eigenvalue weighted by molar-refractivity contribution is 6.06. The monoisotopic (exact) mass is 618 g/mol. The smallest absolute Gasteiger partial charge is 0.305 e. The summed E-state index contributed by atoms with van der Waals surface area (Å²) in [6.07, 6.45) is 6.81. The Morgan fingerprint density at radius 3 is 2.46 bits per heavy atom. The van der Waals surface area contributed by atoms with Gasteiger partial charge in [-0.3, -0.25) is 19.4 Å². The quantitative estimate of drug-likeness (QED) is 0.152. The lowest BCUT2D eigenvalue weighted by Gasteiger charge is -2.32. The zero-order chi connectivity index (χ0) is 32.6. The molecule has 1 fully saturated rings. The number of carboxylic acids is 1. The molecule has 2 N–H and O–H groups in total. The number of anilines is 2. The van der Waals surface area contributed by atoms with Crippen molar-refractivity contribution in [3.8, 4) is 11.1 Å². The van der Waals surface area contributed by atoms with Crippen LogP contribution in [0.4, 0.5) is 11.4 Å². The summed E-state index contributed by atoms with van der Waals surface area (Å²) in [5.74, 6) is -1.25. The van der Waals surface area contributed by atoms with E-state index in [1.54, 1.807) is 23.4 Å². The van der Waals surface area contributed by atoms with Crippen molar-refractivity contribution in [1.82, 2.24) is 9.88 Å². The number of hydrogen-bond donors (Lipinski definition) is 2. The molecular weight excluding hydrogens is 576 g/mol. The highest BCUT2D eigenvalue weighted by atomic mass is 16.4. The number of amides is 2. The summed E-state index contributed by atoms with van der Waals surface area (Å²) < 4.78 is 0. The van der Waals surface area contributed by atoms with Crippen LogP contribution in [0.1, 0.15) is 72.1 Å². The van der Waals surface area contributed by atoms with Gasteiger partial charge in [0.1, 0.15) is 0 Å². The molecule has 1 unspecified atom stereocenters. The summed E-state index contributed by atoms with van der Waals surface area (Å²) >= 11 is 0. The first-order chi connectivity index (χ1) is 22.2. The number of hydrogen-bond acceptors (Lipinski definition) is 5. The molecule has 8 heteroatoms. The number of carboxylic acid groups (broad SMARTS) is 1. The van der Waals surface area contributed by atoms with Gasteiger partial charge in [-0.2, -0.15) is 0 Å². The summed E-state index contributed by atoms with van der Waals surface area (Å²) in [6.45, 7) is 5.25. The van der Waals surface area contributed by atoms with Crippen LogP contribution in [0.5, 0.6) is 0 Å². The molecule has 8 nitrogen and oxygen atoms in total. The van der Waals surface area contributed by atoms with Crippen molar-refractivity contribution in [2.24, 2.45) is 5.92 Å². The average molecular weight is 619 g/mol. The van der Waals surface area contributed by atoms with E-state index < -0.39 is 12.0 Å². The first-order valence-electron chi connectivity index (χ1n) is 16.0. The Labute approximate surface area is 271 Å². The number of pyridine rings is 1. The van der Waals surface area contributed by atoms with Gasteiger partial charge in [0.05, 0.1) is 23.8 Å². The number of nitrogens with one attached hydrogen (secondary N) is 1. The highest BCUT2D eigenvalue weighted by Crippen LogP contribution is 2.37. The number of aliphatic carboxylic acids is 1. The van der Waals surface area contributed by atoms with E-state index in [2.05, 4.69) is 28.2 Å². The van der Waals surface area contributed by atoms with Crippen molar-refractivity contribution in [2.45, 2.75) is 58.5 Å².